The summed E-state index contributed by atoms with van der Waals surface area (Å²) in [7, 11) is 0. The normalized spacial score (nSPS) is 24.5. The first kappa shape index (κ1) is 17.9. The van der Waals surface area contributed by atoms with Gasteiger partial charge in [-0.3, -0.25) is 14.5 Å². The number of carbonyl (C=O) groups excluding carboxylic acids is 2. The van der Waals surface area contributed by atoms with Crippen molar-refractivity contribution in [3.05, 3.63) is 23.7 Å². The van der Waals surface area contributed by atoms with E-state index in [0.717, 1.165) is 45.8 Å². The minimum Gasteiger partial charge on any atom is -0.454 e. The summed E-state index contributed by atoms with van der Waals surface area (Å²) >= 11 is 0. The third-order valence-corrected chi connectivity index (χ3v) is 5.12. The zero-order chi connectivity index (χ0) is 17.8. The van der Waals surface area contributed by atoms with Crippen LogP contribution in [0.15, 0.2) is 16.5 Å². The summed E-state index contributed by atoms with van der Waals surface area (Å²) in [6, 6.07) is 3.84. The molecule has 0 aromatic carbocycles. The van der Waals surface area contributed by atoms with Crippen molar-refractivity contribution >= 4 is 11.8 Å². The molecule has 0 aliphatic carbocycles. The Morgan fingerprint density at radius 3 is 2.68 bits per heavy atom. The lowest BCUT2D eigenvalue weighted by Crippen LogP contribution is -2.47. The van der Waals surface area contributed by atoms with Gasteiger partial charge in [0.15, 0.2) is 5.76 Å². The van der Waals surface area contributed by atoms with Crippen LogP contribution in [0.1, 0.15) is 36.6 Å². The van der Waals surface area contributed by atoms with Crippen molar-refractivity contribution in [3.8, 4) is 0 Å². The first-order valence-corrected chi connectivity index (χ1v) is 9.02. The van der Waals surface area contributed by atoms with E-state index in [1.807, 2.05) is 4.90 Å². The largest absolute Gasteiger partial charge is 0.454 e. The van der Waals surface area contributed by atoms with E-state index in [2.05, 4.69) is 17.1 Å². The van der Waals surface area contributed by atoms with Crippen LogP contribution in [-0.2, 0) is 16.1 Å². The van der Waals surface area contributed by atoms with Gasteiger partial charge in [-0.2, -0.15) is 0 Å². The predicted molar refractivity (Wildman–Crippen MR) is 92.1 cm³/mol. The summed E-state index contributed by atoms with van der Waals surface area (Å²) in [5.41, 5.74) is 0. The molecule has 2 saturated heterocycles. The molecule has 2 atom stereocenters. The number of carbonyl (C=O) groups is 2. The molecule has 0 unspecified atom stereocenters. The molecular weight excluding hydrogens is 322 g/mol. The first-order chi connectivity index (χ1) is 12.1. The van der Waals surface area contributed by atoms with Gasteiger partial charge in [0.05, 0.1) is 19.8 Å². The summed E-state index contributed by atoms with van der Waals surface area (Å²) in [5.74, 6) is 1.23. The Bertz CT molecular complexity index is 609. The van der Waals surface area contributed by atoms with Gasteiger partial charge in [0, 0.05) is 39.1 Å². The molecule has 2 aliphatic rings. The van der Waals surface area contributed by atoms with Gasteiger partial charge < -0.3 is 19.4 Å². The van der Waals surface area contributed by atoms with E-state index in [1.54, 1.807) is 12.1 Å². The SMILES string of the molecule is CC[C@@H]1CN(C(=O)c2ccc(CNC(C)=O)o2)C[C@@H]1N1CCOCC1. The van der Waals surface area contributed by atoms with Crippen LogP contribution in [0.2, 0.25) is 0 Å². The van der Waals surface area contributed by atoms with Crippen LogP contribution in [0.3, 0.4) is 0 Å². The fourth-order valence-corrected chi connectivity index (χ4v) is 3.70. The highest BCUT2D eigenvalue weighted by Crippen LogP contribution is 2.27. The smallest absolute Gasteiger partial charge is 0.289 e. The molecule has 2 aliphatic heterocycles. The Kier molecular flexibility index (Phi) is 5.75. The van der Waals surface area contributed by atoms with E-state index in [1.165, 1.54) is 6.92 Å². The standard InChI is InChI=1S/C18H27N3O4/c1-3-14-11-21(12-16(14)20-6-8-24-9-7-20)18(23)17-5-4-15(25-17)10-19-13(2)22/h4-5,14,16H,3,6-12H2,1-2H3,(H,19,22)/t14-,16+/m1/s1. The van der Waals surface area contributed by atoms with Crippen molar-refractivity contribution in [1.29, 1.82) is 0 Å². The van der Waals surface area contributed by atoms with Gasteiger partial charge in [0.1, 0.15) is 5.76 Å². The monoisotopic (exact) mass is 349 g/mol. The number of nitrogens with one attached hydrogen (secondary N) is 1. The molecule has 1 aromatic heterocycles. The lowest BCUT2D eigenvalue weighted by molar-refractivity contribution is -0.119. The molecule has 138 valence electrons. The molecule has 0 bridgehead atoms. The first-order valence-electron chi connectivity index (χ1n) is 9.02. The molecule has 1 N–H and O–H groups in total. The number of likely N-dealkylation sites (tertiary alicyclic amines) is 1. The molecule has 25 heavy (non-hydrogen) atoms. The van der Waals surface area contributed by atoms with E-state index < -0.39 is 0 Å². The van der Waals surface area contributed by atoms with Crippen molar-refractivity contribution in [1.82, 2.24) is 15.1 Å². The number of amides is 2. The summed E-state index contributed by atoms with van der Waals surface area (Å²) in [4.78, 5) is 28.1. The van der Waals surface area contributed by atoms with Crippen LogP contribution in [-0.4, -0.2) is 67.0 Å². The number of hydrogen-bond acceptors (Lipinski definition) is 5. The third-order valence-electron chi connectivity index (χ3n) is 5.12. The molecule has 0 saturated carbocycles. The molecule has 2 fully saturated rings. The second-order valence-corrected chi connectivity index (χ2v) is 6.77. The van der Waals surface area contributed by atoms with Crippen LogP contribution >= 0.6 is 0 Å². The third kappa shape index (κ3) is 4.22. The summed E-state index contributed by atoms with van der Waals surface area (Å²) in [6.45, 7) is 8.85. The minimum atomic E-state index is -0.122. The zero-order valence-electron chi connectivity index (χ0n) is 15.0. The average Bonchev–Trinajstić information content (AvgIpc) is 3.27. The van der Waals surface area contributed by atoms with Crippen molar-refractivity contribution < 1.29 is 18.7 Å². The van der Waals surface area contributed by atoms with Gasteiger partial charge in [-0.05, 0) is 18.1 Å². The lowest BCUT2D eigenvalue weighted by Gasteiger charge is -2.34. The van der Waals surface area contributed by atoms with E-state index in [4.69, 9.17) is 9.15 Å². The maximum absolute atomic E-state index is 12.8. The zero-order valence-corrected chi connectivity index (χ0v) is 15.0. The van der Waals surface area contributed by atoms with Crippen molar-refractivity contribution in [3.63, 3.8) is 0 Å². The van der Waals surface area contributed by atoms with Crippen molar-refractivity contribution in [2.24, 2.45) is 5.92 Å². The summed E-state index contributed by atoms with van der Waals surface area (Å²) in [5, 5.41) is 2.67. The van der Waals surface area contributed by atoms with Crippen LogP contribution in [0.5, 0.6) is 0 Å². The topological polar surface area (TPSA) is 75.0 Å². The van der Waals surface area contributed by atoms with Gasteiger partial charge in [-0.15, -0.1) is 0 Å². The van der Waals surface area contributed by atoms with Crippen LogP contribution in [0, 0.1) is 5.92 Å². The minimum absolute atomic E-state index is 0.0664. The Labute approximate surface area is 148 Å². The van der Waals surface area contributed by atoms with Gasteiger partial charge in [-0.1, -0.05) is 13.3 Å². The predicted octanol–water partition coefficient (Wildman–Crippen LogP) is 1.10. The Morgan fingerprint density at radius 1 is 1.24 bits per heavy atom. The molecule has 1 aromatic rings. The van der Waals surface area contributed by atoms with Crippen molar-refractivity contribution in [2.75, 3.05) is 39.4 Å². The second kappa shape index (κ2) is 8.01. The number of furan rings is 1. The number of morpholine rings is 1. The second-order valence-electron chi connectivity index (χ2n) is 6.77. The number of rotatable bonds is 5. The Balaban J connectivity index is 1.63. The highest BCUT2D eigenvalue weighted by Gasteiger charge is 2.38. The fraction of sp³-hybridized carbons (Fsp3) is 0.667. The highest BCUT2D eigenvalue weighted by molar-refractivity contribution is 5.91. The molecule has 7 heteroatoms. The van der Waals surface area contributed by atoms with E-state index in [0.29, 0.717) is 30.0 Å². The van der Waals surface area contributed by atoms with Gasteiger partial charge in [0.2, 0.25) is 5.91 Å². The quantitative estimate of drug-likeness (QED) is 0.862. The number of hydrogen-bond donors (Lipinski definition) is 1. The maximum Gasteiger partial charge on any atom is 0.289 e. The van der Waals surface area contributed by atoms with E-state index in [-0.39, 0.29) is 11.8 Å². The lowest BCUT2D eigenvalue weighted by atomic mass is 9.99. The van der Waals surface area contributed by atoms with Gasteiger partial charge in [-0.25, -0.2) is 0 Å². The Hall–Kier alpha value is -1.86. The maximum atomic E-state index is 12.8. The van der Waals surface area contributed by atoms with Gasteiger partial charge in [0.25, 0.3) is 5.91 Å². The van der Waals surface area contributed by atoms with E-state index >= 15 is 0 Å². The molecule has 2 amide bonds. The van der Waals surface area contributed by atoms with Crippen LogP contribution < -0.4 is 5.32 Å². The van der Waals surface area contributed by atoms with Crippen LogP contribution in [0.25, 0.3) is 0 Å². The summed E-state index contributed by atoms with van der Waals surface area (Å²) in [6.07, 6.45) is 1.05. The van der Waals surface area contributed by atoms with Crippen molar-refractivity contribution in [2.45, 2.75) is 32.9 Å². The molecule has 0 radical (unpaired) electrons. The molecule has 7 nitrogen and oxygen atoms in total. The molecule has 0 spiro atoms. The number of ether oxygens (including phenoxy) is 1. The molecule has 3 rings (SSSR count). The highest BCUT2D eigenvalue weighted by atomic mass is 16.5. The average molecular weight is 349 g/mol. The Morgan fingerprint density at radius 2 is 2.00 bits per heavy atom. The fourth-order valence-electron chi connectivity index (χ4n) is 3.70. The van der Waals surface area contributed by atoms with Gasteiger partial charge >= 0.3 is 0 Å². The molecular formula is C18H27N3O4. The molecule has 3 heterocycles. The summed E-state index contributed by atoms with van der Waals surface area (Å²) < 4.78 is 11.1. The number of nitrogens with zero attached hydrogens (tertiary/aromatic N) is 2. The van der Waals surface area contributed by atoms with Crippen LogP contribution in [0.4, 0.5) is 0 Å². The van der Waals surface area contributed by atoms with E-state index in [9.17, 15) is 9.59 Å².